The van der Waals surface area contributed by atoms with Gasteiger partial charge in [0.25, 0.3) is 0 Å². The quantitative estimate of drug-likeness (QED) is 0.488. The minimum absolute atomic E-state index is 0.374. The largest absolute Gasteiger partial charge is 0.236 e. The van der Waals surface area contributed by atoms with Crippen LogP contribution in [0, 0.1) is 5.92 Å². The molecule has 0 N–H and O–H groups in total. The first-order valence-corrected chi connectivity index (χ1v) is 4.83. The highest BCUT2D eigenvalue weighted by Crippen LogP contribution is 2.30. The average molecular weight is 242 g/mol. The van der Waals surface area contributed by atoms with Crippen molar-refractivity contribution in [3.63, 3.8) is 0 Å². The van der Waals surface area contributed by atoms with Crippen LogP contribution < -0.4 is 0 Å². The van der Waals surface area contributed by atoms with Gasteiger partial charge in [0.1, 0.15) is 0 Å². The number of alkyl halides is 2. The van der Waals surface area contributed by atoms with Crippen molar-refractivity contribution in [1.82, 2.24) is 0 Å². The Bertz CT molecular complexity index is 77.0. The fourth-order valence-electron chi connectivity index (χ4n) is 1.39. The van der Waals surface area contributed by atoms with Gasteiger partial charge in [-0.2, -0.15) is 0 Å². The summed E-state index contributed by atoms with van der Waals surface area (Å²) in [6, 6.07) is 0. The molecule has 1 aliphatic rings. The Morgan fingerprint density at radius 3 is 2.11 bits per heavy atom. The number of rotatable bonds is 1. The molecule has 1 atom stereocenters. The molecule has 9 heavy (non-hydrogen) atoms. The normalized spacial score (nSPS) is 26.0. The van der Waals surface area contributed by atoms with Crippen molar-refractivity contribution in [3.8, 4) is 0 Å². The Kier molecular flexibility index (Phi) is 3.22. The Hall–Kier alpha value is 0.660. The van der Waals surface area contributed by atoms with E-state index < -0.39 is 4.18 Å². The molecule has 1 aliphatic carbocycles. The first-order valence-electron chi connectivity index (χ1n) is 3.59. The predicted molar refractivity (Wildman–Crippen MR) is 45.5 cm³/mol. The summed E-state index contributed by atoms with van der Waals surface area (Å²) in [7, 11) is 0. The smallest absolute Gasteiger partial charge is 0.154 e. The summed E-state index contributed by atoms with van der Waals surface area (Å²) >= 11 is 1.90. The van der Waals surface area contributed by atoms with Gasteiger partial charge >= 0.3 is 0 Å². The lowest BCUT2D eigenvalue weighted by molar-refractivity contribution is 0.266. The molecule has 0 aromatic carbocycles. The molecule has 0 saturated heterocycles. The van der Waals surface area contributed by atoms with Crippen LogP contribution in [0.25, 0.3) is 0 Å². The van der Waals surface area contributed by atoms with Gasteiger partial charge in [-0.3, -0.25) is 0 Å². The topological polar surface area (TPSA) is 0 Å². The molecule has 1 rings (SSSR count). The fraction of sp³-hybridized carbons (Fsp3) is 1.00. The Morgan fingerprint density at radius 2 is 1.78 bits per heavy atom. The Balaban J connectivity index is 2.23. The summed E-state index contributed by atoms with van der Waals surface area (Å²) in [6.07, 6.45) is 6.04. The van der Waals surface area contributed by atoms with Crippen molar-refractivity contribution in [3.05, 3.63) is 0 Å². The first kappa shape index (κ1) is 7.76. The minimum Gasteiger partial charge on any atom is -0.236 e. The van der Waals surface area contributed by atoms with E-state index in [2.05, 4.69) is 0 Å². The Morgan fingerprint density at radius 1 is 1.22 bits per heavy atom. The summed E-state index contributed by atoms with van der Waals surface area (Å²) in [4.78, 5) is 0. The fourth-order valence-corrected chi connectivity index (χ4v) is 2.11. The van der Waals surface area contributed by atoms with E-state index in [1.165, 1.54) is 19.3 Å². The lowest BCUT2D eigenvalue weighted by Crippen LogP contribution is -2.12. The SMILES string of the molecule is FC(I)C1CCCCC1. The van der Waals surface area contributed by atoms with E-state index in [9.17, 15) is 4.39 Å². The van der Waals surface area contributed by atoms with E-state index in [1.54, 1.807) is 0 Å². The maximum absolute atomic E-state index is 12.6. The van der Waals surface area contributed by atoms with Gasteiger partial charge in [-0.25, -0.2) is 4.39 Å². The van der Waals surface area contributed by atoms with Gasteiger partial charge in [0.15, 0.2) is 4.18 Å². The summed E-state index contributed by atoms with van der Waals surface area (Å²) in [6.45, 7) is 0. The van der Waals surface area contributed by atoms with E-state index in [1.807, 2.05) is 22.6 Å². The zero-order valence-corrected chi connectivity index (χ0v) is 7.60. The maximum Gasteiger partial charge on any atom is 0.154 e. The highest BCUT2D eigenvalue weighted by Gasteiger charge is 2.19. The second-order valence-corrected chi connectivity index (χ2v) is 3.92. The minimum atomic E-state index is -0.595. The molecule has 0 aliphatic heterocycles. The standard InChI is InChI=1S/C7H12FI/c8-7(9)6-4-2-1-3-5-6/h6-7H,1-5H2. The van der Waals surface area contributed by atoms with Crippen LogP contribution in [0.3, 0.4) is 0 Å². The van der Waals surface area contributed by atoms with Gasteiger partial charge in [0, 0.05) is 0 Å². The molecule has 0 amide bonds. The van der Waals surface area contributed by atoms with Crippen LogP contribution in [-0.4, -0.2) is 4.18 Å². The van der Waals surface area contributed by atoms with E-state index in [0.717, 1.165) is 12.8 Å². The molecule has 0 radical (unpaired) electrons. The van der Waals surface area contributed by atoms with Crippen LogP contribution in [0.2, 0.25) is 0 Å². The third kappa shape index (κ3) is 2.40. The van der Waals surface area contributed by atoms with Gasteiger partial charge in [0.2, 0.25) is 0 Å². The van der Waals surface area contributed by atoms with Crippen LogP contribution in [0.4, 0.5) is 4.39 Å². The van der Waals surface area contributed by atoms with E-state index >= 15 is 0 Å². The first-order chi connectivity index (χ1) is 4.30. The van der Waals surface area contributed by atoms with E-state index in [-0.39, 0.29) is 0 Å². The lowest BCUT2D eigenvalue weighted by atomic mass is 9.90. The van der Waals surface area contributed by atoms with Crippen molar-refractivity contribution >= 4 is 22.6 Å². The second-order valence-electron chi connectivity index (χ2n) is 2.73. The molecule has 0 spiro atoms. The van der Waals surface area contributed by atoms with Gasteiger partial charge in [-0.05, 0) is 41.4 Å². The molecular weight excluding hydrogens is 230 g/mol. The highest BCUT2D eigenvalue weighted by molar-refractivity contribution is 14.1. The maximum atomic E-state index is 12.6. The lowest BCUT2D eigenvalue weighted by Gasteiger charge is -2.21. The summed E-state index contributed by atoms with van der Waals surface area (Å²) < 4.78 is 12.0. The van der Waals surface area contributed by atoms with Gasteiger partial charge in [-0.1, -0.05) is 19.3 Å². The van der Waals surface area contributed by atoms with Crippen molar-refractivity contribution in [1.29, 1.82) is 0 Å². The molecule has 2 heteroatoms. The van der Waals surface area contributed by atoms with Gasteiger partial charge in [0.05, 0.1) is 0 Å². The predicted octanol–water partition coefficient (Wildman–Crippen LogP) is 3.30. The van der Waals surface area contributed by atoms with Crippen LogP contribution in [0.5, 0.6) is 0 Å². The molecule has 1 saturated carbocycles. The second kappa shape index (κ2) is 3.74. The number of hydrogen-bond acceptors (Lipinski definition) is 0. The van der Waals surface area contributed by atoms with Crippen molar-refractivity contribution < 1.29 is 4.39 Å². The van der Waals surface area contributed by atoms with Crippen LogP contribution >= 0.6 is 22.6 Å². The zero-order chi connectivity index (χ0) is 6.69. The van der Waals surface area contributed by atoms with E-state index in [4.69, 9.17) is 0 Å². The zero-order valence-electron chi connectivity index (χ0n) is 5.45. The molecular formula is C7H12FI. The third-order valence-corrected chi connectivity index (χ3v) is 3.02. The number of halogens is 2. The summed E-state index contributed by atoms with van der Waals surface area (Å²) in [5.74, 6) is 0.374. The monoisotopic (exact) mass is 242 g/mol. The number of hydrogen-bond donors (Lipinski definition) is 0. The highest BCUT2D eigenvalue weighted by atomic mass is 127. The molecule has 0 aromatic rings. The van der Waals surface area contributed by atoms with E-state index in [0.29, 0.717) is 5.92 Å². The van der Waals surface area contributed by atoms with Crippen LogP contribution in [0.15, 0.2) is 0 Å². The van der Waals surface area contributed by atoms with Crippen molar-refractivity contribution in [2.75, 3.05) is 0 Å². The molecule has 0 aromatic heterocycles. The molecule has 0 bridgehead atoms. The molecule has 1 unspecified atom stereocenters. The van der Waals surface area contributed by atoms with Crippen molar-refractivity contribution in [2.45, 2.75) is 36.3 Å². The molecule has 0 heterocycles. The third-order valence-electron chi connectivity index (χ3n) is 2.01. The van der Waals surface area contributed by atoms with Gasteiger partial charge < -0.3 is 0 Å². The molecule has 1 fully saturated rings. The van der Waals surface area contributed by atoms with Crippen LogP contribution in [-0.2, 0) is 0 Å². The van der Waals surface area contributed by atoms with Crippen LogP contribution in [0.1, 0.15) is 32.1 Å². The van der Waals surface area contributed by atoms with Gasteiger partial charge in [-0.15, -0.1) is 0 Å². The Labute approximate surface area is 69.4 Å². The van der Waals surface area contributed by atoms with Crippen molar-refractivity contribution in [2.24, 2.45) is 5.92 Å². The summed E-state index contributed by atoms with van der Waals surface area (Å²) in [5, 5.41) is 0. The summed E-state index contributed by atoms with van der Waals surface area (Å²) in [5.41, 5.74) is 0. The molecule has 0 nitrogen and oxygen atoms in total. The molecule has 54 valence electrons. The average Bonchev–Trinajstić information content (AvgIpc) is 1.90.